The first-order chi connectivity index (χ1) is 7.16. The molecular formula is C11H12BrN3. The van der Waals surface area contributed by atoms with Crippen molar-refractivity contribution in [2.75, 3.05) is 0 Å². The van der Waals surface area contributed by atoms with Gasteiger partial charge in [-0.25, -0.2) is 9.97 Å². The number of fused-ring (bicyclic) bond motifs is 1. The van der Waals surface area contributed by atoms with Gasteiger partial charge in [-0.1, -0.05) is 15.9 Å². The Morgan fingerprint density at radius 1 is 1.40 bits per heavy atom. The monoisotopic (exact) mass is 265 g/mol. The quantitative estimate of drug-likeness (QED) is 0.907. The Labute approximate surface area is 96.9 Å². The van der Waals surface area contributed by atoms with E-state index in [9.17, 15) is 0 Å². The van der Waals surface area contributed by atoms with Crippen LogP contribution in [0.4, 0.5) is 0 Å². The van der Waals surface area contributed by atoms with Crippen molar-refractivity contribution in [1.29, 1.82) is 0 Å². The lowest BCUT2D eigenvalue weighted by Gasteiger charge is -2.07. The van der Waals surface area contributed by atoms with E-state index in [-0.39, 0.29) is 6.04 Å². The van der Waals surface area contributed by atoms with Crippen molar-refractivity contribution in [3.8, 4) is 0 Å². The number of benzene rings is 1. The fourth-order valence-corrected chi connectivity index (χ4v) is 1.90. The molecule has 0 fully saturated rings. The number of nitrogens with two attached hydrogens (primary N) is 1. The van der Waals surface area contributed by atoms with Crippen LogP contribution in [0.2, 0.25) is 0 Å². The average molecular weight is 266 g/mol. The van der Waals surface area contributed by atoms with Gasteiger partial charge in [0.1, 0.15) is 6.33 Å². The second kappa shape index (κ2) is 4.24. The molecule has 0 bridgehead atoms. The third kappa shape index (κ3) is 2.33. The topological polar surface area (TPSA) is 51.8 Å². The number of halogens is 1. The molecule has 0 saturated heterocycles. The lowest BCUT2D eigenvalue weighted by atomic mass is 10.1. The van der Waals surface area contributed by atoms with E-state index in [0.717, 1.165) is 27.5 Å². The van der Waals surface area contributed by atoms with Gasteiger partial charge in [-0.2, -0.15) is 0 Å². The van der Waals surface area contributed by atoms with E-state index < -0.39 is 0 Å². The maximum atomic E-state index is 5.78. The Kier molecular flexibility index (Phi) is 2.98. The second-order valence-electron chi connectivity index (χ2n) is 3.66. The summed E-state index contributed by atoms with van der Waals surface area (Å²) in [7, 11) is 0. The number of aromatic nitrogens is 2. The summed E-state index contributed by atoms with van der Waals surface area (Å²) in [6.45, 7) is 1.98. The number of hydrogen-bond donors (Lipinski definition) is 1. The summed E-state index contributed by atoms with van der Waals surface area (Å²) in [6.07, 6.45) is 2.37. The minimum absolute atomic E-state index is 0.117. The molecule has 15 heavy (non-hydrogen) atoms. The third-order valence-corrected chi connectivity index (χ3v) is 2.69. The van der Waals surface area contributed by atoms with E-state index in [1.165, 1.54) is 0 Å². The molecule has 0 aliphatic heterocycles. The molecule has 2 aromatic rings. The van der Waals surface area contributed by atoms with E-state index in [2.05, 4.69) is 25.9 Å². The van der Waals surface area contributed by atoms with Gasteiger partial charge >= 0.3 is 0 Å². The minimum atomic E-state index is 0.117. The highest BCUT2D eigenvalue weighted by atomic mass is 79.9. The first kappa shape index (κ1) is 10.5. The molecule has 0 saturated carbocycles. The van der Waals surface area contributed by atoms with Crippen LogP contribution in [0.1, 0.15) is 12.6 Å². The largest absolute Gasteiger partial charge is 0.328 e. The number of hydrogen-bond acceptors (Lipinski definition) is 3. The zero-order chi connectivity index (χ0) is 10.8. The van der Waals surface area contributed by atoms with Gasteiger partial charge in [0.2, 0.25) is 0 Å². The van der Waals surface area contributed by atoms with E-state index in [1.54, 1.807) is 6.33 Å². The highest BCUT2D eigenvalue weighted by Gasteiger charge is 2.05. The highest BCUT2D eigenvalue weighted by Crippen LogP contribution is 2.20. The Bertz CT molecular complexity index is 482. The van der Waals surface area contributed by atoms with E-state index in [1.807, 2.05) is 25.1 Å². The van der Waals surface area contributed by atoms with Gasteiger partial charge < -0.3 is 5.73 Å². The summed E-state index contributed by atoms with van der Waals surface area (Å²) in [5.41, 5.74) is 7.75. The smallest absolute Gasteiger partial charge is 0.116 e. The molecule has 0 amide bonds. The molecule has 0 aliphatic rings. The van der Waals surface area contributed by atoms with Crippen molar-refractivity contribution in [3.05, 3.63) is 34.7 Å². The third-order valence-electron chi connectivity index (χ3n) is 2.20. The standard InChI is InChI=1S/C11H12BrN3/c1-7(13)4-10-9-3-2-8(12)5-11(9)15-6-14-10/h2-3,5-7H,4,13H2,1H3. The van der Waals surface area contributed by atoms with E-state index in [4.69, 9.17) is 5.73 Å². The van der Waals surface area contributed by atoms with Crippen LogP contribution in [0.3, 0.4) is 0 Å². The van der Waals surface area contributed by atoms with Crippen molar-refractivity contribution in [3.63, 3.8) is 0 Å². The SMILES string of the molecule is CC(N)Cc1ncnc2cc(Br)ccc12. The van der Waals surface area contributed by atoms with Crippen molar-refractivity contribution >= 4 is 26.8 Å². The van der Waals surface area contributed by atoms with Gasteiger partial charge in [0.25, 0.3) is 0 Å². The summed E-state index contributed by atoms with van der Waals surface area (Å²) in [4.78, 5) is 8.50. The zero-order valence-corrected chi connectivity index (χ0v) is 10.0. The normalized spacial score (nSPS) is 13.0. The zero-order valence-electron chi connectivity index (χ0n) is 8.44. The van der Waals surface area contributed by atoms with Crippen molar-refractivity contribution in [1.82, 2.24) is 9.97 Å². The molecule has 1 aromatic heterocycles. The fraction of sp³-hybridized carbons (Fsp3) is 0.273. The predicted molar refractivity (Wildman–Crippen MR) is 64.6 cm³/mol. The molecule has 0 radical (unpaired) electrons. The summed E-state index contributed by atoms with van der Waals surface area (Å²) in [6, 6.07) is 6.13. The van der Waals surface area contributed by atoms with E-state index >= 15 is 0 Å². The van der Waals surface area contributed by atoms with Gasteiger partial charge in [0.05, 0.1) is 11.2 Å². The van der Waals surface area contributed by atoms with Gasteiger partial charge in [0, 0.05) is 22.3 Å². The summed E-state index contributed by atoms with van der Waals surface area (Å²) >= 11 is 3.42. The molecule has 1 heterocycles. The van der Waals surface area contributed by atoms with Gasteiger partial charge in [-0.3, -0.25) is 0 Å². The first-order valence-corrected chi connectivity index (χ1v) is 5.61. The maximum absolute atomic E-state index is 5.78. The van der Waals surface area contributed by atoms with Crippen LogP contribution >= 0.6 is 15.9 Å². The van der Waals surface area contributed by atoms with Crippen LogP contribution in [0.5, 0.6) is 0 Å². The van der Waals surface area contributed by atoms with Gasteiger partial charge in [-0.05, 0) is 25.1 Å². The lowest BCUT2D eigenvalue weighted by molar-refractivity contribution is 0.725. The average Bonchev–Trinajstić information content (AvgIpc) is 2.16. The molecule has 1 unspecified atom stereocenters. The Hall–Kier alpha value is -1.000. The van der Waals surface area contributed by atoms with Gasteiger partial charge in [0.15, 0.2) is 0 Å². The van der Waals surface area contributed by atoms with Crippen LogP contribution in [0.25, 0.3) is 10.9 Å². The molecule has 4 heteroatoms. The highest BCUT2D eigenvalue weighted by molar-refractivity contribution is 9.10. The molecular weight excluding hydrogens is 254 g/mol. The second-order valence-corrected chi connectivity index (χ2v) is 4.58. The summed E-state index contributed by atoms with van der Waals surface area (Å²) in [5.74, 6) is 0. The maximum Gasteiger partial charge on any atom is 0.116 e. The molecule has 3 nitrogen and oxygen atoms in total. The Morgan fingerprint density at radius 2 is 2.20 bits per heavy atom. The van der Waals surface area contributed by atoms with Crippen LogP contribution in [0.15, 0.2) is 29.0 Å². The molecule has 1 aromatic carbocycles. The molecule has 2 N–H and O–H groups in total. The molecule has 0 aliphatic carbocycles. The lowest BCUT2D eigenvalue weighted by Crippen LogP contribution is -2.18. The summed E-state index contributed by atoms with van der Waals surface area (Å²) < 4.78 is 1.03. The fourth-order valence-electron chi connectivity index (χ4n) is 1.55. The van der Waals surface area contributed by atoms with Gasteiger partial charge in [-0.15, -0.1) is 0 Å². The number of nitrogens with zero attached hydrogens (tertiary/aromatic N) is 2. The molecule has 2 rings (SSSR count). The van der Waals surface area contributed by atoms with Crippen LogP contribution in [-0.2, 0) is 6.42 Å². The first-order valence-electron chi connectivity index (χ1n) is 4.81. The predicted octanol–water partition coefficient (Wildman–Crippen LogP) is 2.28. The van der Waals surface area contributed by atoms with Crippen molar-refractivity contribution in [2.24, 2.45) is 5.73 Å². The minimum Gasteiger partial charge on any atom is -0.328 e. The van der Waals surface area contributed by atoms with Crippen molar-refractivity contribution < 1.29 is 0 Å². The Balaban J connectivity index is 2.56. The Morgan fingerprint density at radius 3 is 2.93 bits per heavy atom. The van der Waals surface area contributed by atoms with E-state index in [0.29, 0.717) is 0 Å². The van der Waals surface area contributed by atoms with Crippen LogP contribution < -0.4 is 5.73 Å². The molecule has 0 spiro atoms. The van der Waals surface area contributed by atoms with Crippen LogP contribution in [-0.4, -0.2) is 16.0 Å². The summed E-state index contributed by atoms with van der Waals surface area (Å²) in [5, 5.41) is 1.08. The molecule has 1 atom stereocenters. The van der Waals surface area contributed by atoms with Crippen molar-refractivity contribution in [2.45, 2.75) is 19.4 Å². The molecule has 78 valence electrons. The number of rotatable bonds is 2. The van der Waals surface area contributed by atoms with Crippen LogP contribution in [0, 0.1) is 0 Å².